The SMILES string of the molecule is COc1cc(CNC(C)c2ccccc2)cc(Br)c1OCc1c(Cl)cccc1Cl. The third-order valence-electron chi connectivity index (χ3n) is 4.62. The summed E-state index contributed by atoms with van der Waals surface area (Å²) in [7, 11) is 1.63. The molecule has 3 rings (SSSR count). The van der Waals surface area contributed by atoms with E-state index in [0.717, 1.165) is 15.6 Å². The lowest BCUT2D eigenvalue weighted by molar-refractivity contribution is 0.282. The first kappa shape index (κ1) is 22.0. The summed E-state index contributed by atoms with van der Waals surface area (Å²) >= 11 is 16.1. The molecule has 29 heavy (non-hydrogen) atoms. The van der Waals surface area contributed by atoms with E-state index in [1.807, 2.05) is 36.4 Å². The Bertz CT molecular complexity index is 946. The number of nitrogens with one attached hydrogen (secondary N) is 1. The van der Waals surface area contributed by atoms with Gasteiger partial charge in [-0.3, -0.25) is 0 Å². The van der Waals surface area contributed by atoms with Crippen molar-refractivity contribution in [2.24, 2.45) is 0 Å². The van der Waals surface area contributed by atoms with Gasteiger partial charge in [0, 0.05) is 28.2 Å². The largest absolute Gasteiger partial charge is 0.493 e. The lowest BCUT2D eigenvalue weighted by Crippen LogP contribution is -2.18. The quantitative estimate of drug-likeness (QED) is 0.359. The first-order valence-corrected chi connectivity index (χ1v) is 10.7. The molecule has 152 valence electrons. The minimum absolute atomic E-state index is 0.235. The Balaban J connectivity index is 1.72. The first-order valence-electron chi connectivity index (χ1n) is 9.20. The van der Waals surface area contributed by atoms with Gasteiger partial charge < -0.3 is 14.8 Å². The van der Waals surface area contributed by atoms with Gasteiger partial charge in [0.25, 0.3) is 0 Å². The molecule has 0 aromatic heterocycles. The fraction of sp³-hybridized carbons (Fsp3) is 0.217. The summed E-state index contributed by atoms with van der Waals surface area (Å²) in [6.07, 6.45) is 0. The smallest absolute Gasteiger partial charge is 0.175 e. The number of methoxy groups -OCH3 is 1. The minimum Gasteiger partial charge on any atom is -0.493 e. The molecule has 1 atom stereocenters. The lowest BCUT2D eigenvalue weighted by atomic mass is 10.1. The average molecular weight is 495 g/mol. The van der Waals surface area contributed by atoms with Crippen LogP contribution in [0.3, 0.4) is 0 Å². The van der Waals surface area contributed by atoms with Crippen molar-refractivity contribution >= 4 is 39.1 Å². The van der Waals surface area contributed by atoms with Gasteiger partial charge in [-0.25, -0.2) is 0 Å². The molecule has 0 aliphatic heterocycles. The number of ether oxygens (including phenoxy) is 2. The van der Waals surface area contributed by atoms with E-state index in [1.54, 1.807) is 19.2 Å². The minimum atomic E-state index is 0.235. The van der Waals surface area contributed by atoms with Crippen LogP contribution in [0, 0.1) is 0 Å². The molecule has 6 heteroatoms. The van der Waals surface area contributed by atoms with Gasteiger partial charge in [0.15, 0.2) is 11.5 Å². The van der Waals surface area contributed by atoms with Crippen LogP contribution >= 0.6 is 39.1 Å². The third-order valence-corrected chi connectivity index (χ3v) is 5.92. The molecular formula is C23H22BrCl2NO2. The van der Waals surface area contributed by atoms with Crippen molar-refractivity contribution in [2.45, 2.75) is 26.1 Å². The van der Waals surface area contributed by atoms with Crippen LogP contribution in [0.15, 0.2) is 65.1 Å². The van der Waals surface area contributed by atoms with Gasteiger partial charge in [-0.1, -0.05) is 59.6 Å². The van der Waals surface area contributed by atoms with E-state index in [4.69, 9.17) is 32.7 Å². The summed E-state index contributed by atoms with van der Waals surface area (Å²) in [4.78, 5) is 0. The summed E-state index contributed by atoms with van der Waals surface area (Å²) < 4.78 is 12.4. The van der Waals surface area contributed by atoms with E-state index in [2.05, 4.69) is 40.3 Å². The highest BCUT2D eigenvalue weighted by Crippen LogP contribution is 2.38. The van der Waals surface area contributed by atoms with Gasteiger partial charge in [-0.05, 0) is 58.2 Å². The number of halogens is 3. The van der Waals surface area contributed by atoms with Gasteiger partial charge in [-0.15, -0.1) is 0 Å². The second-order valence-electron chi connectivity index (χ2n) is 6.61. The summed E-state index contributed by atoms with van der Waals surface area (Å²) in [6.45, 7) is 3.09. The van der Waals surface area contributed by atoms with E-state index >= 15 is 0 Å². The van der Waals surface area contributed by atoms with Crippen molar-refractivity contribution < 1.29 is 9.47 Å². The average Bonchev–Trinajstić information content (AvgIpc) is 2.73. The molecule has 0 saturated heterocycles. The molecule has 0 amide bonds. The molecular weight excluding hydrogens is 473 g/mol. The van der Waals surface area contributed by atoms with Crippen LogP contribution in [0.1, 0.15) is 29.7 Å². The number of rotatable bonds is 8. The van der Waals surface area contributed by atoms with E-state index < -0.39 is 0 Å². The molecule has 0 heterocycles. The van der Waals surface area contributed by atoms with Gasteiger partial charge in [0.2, 0.25) is 0 Å². The van der Waals surface area contributed by atoms with Crippen LogP contribution in [0.4, 0.5) is 0 Å². The zero-order valence-corrected chi connectivity index (χ0v) is 19.3. The van der Waals surface area contributed by atoms with Crippen molar-refractivity contribution in [1.82, 2.24) is 5.32 Å². The standard InChI is InChI=1S/C23H22BrCl2NO2/c1-15(17-7-4-3-5-8-17)27-13-16-11-19(24)23(22(12-16)28-2)29-14-18-20(25)9-6-10-21(18)26/h3-12,15,27H,13-14H2,1-2H3. The van der Waals surface area contributed by atoms with Gasteiger partial charge in [0.05, 0.1) is 11.6 Å². The normalized spacial score (nSPS) is 11.9. The fourth-order valence-electron chi connectivity index (χ4n) is 2.96. The van der Waals surface area contributed by atoms with E-state index in [-0.39, 0.29) is 12.6 Å². The third kappa shape index (κ3) is 5.67. The van der Waals surface area contributed by atoms with Crippen molar-refractivity contribution in [3.05, 3.63) is 91.9 Å². The molecule has 3 aromatic rings. The topological polar surface area (TPSA) is 30.5 Å². The van der Waals surface area contributed by atoms with Crippen LogP contribution in [0.2, 0.25) is 10.0 Å². The number of hydrogen-bond donors (Lipinski definition) is 1. The van der Waals surface area contributed by atoms with Gasteiger partial charge in [-0.2, -0.15) is 0 Å². The molecule has 0 bridgehead atoms. The molecule has 0 fully saturated rings. The Morgan fingerprint density at radius 3 is 2.34 bits per heavy atom. The zero-order valence-electron chi connectivity index (χ0n) is 16.2. The fourth-order valence-corrected chi connectivity index (χ4v) is 4.07. The summed E-state index contributed by atoms with van der Waals surface area (Å²) in [6, 6.07) is 20.0. The second kappa shape index (κ2) is 10.4. The van der Waals surface area contributed by atoms with E-state index in [0.29, 0.717) is 28.1 Å². The molecule has 1 unspecified atom stereocenters. The Hall–Kier alpha value is -1.72. The maximum absolute atomic E-state index is 6.24. The van der Waals surface area contributed by atoms with Gasteiger partial charge >= 0.3 is 0 Å². The monoisotopic (exact) mass is 493 g/mol. The van der Waals surface area contributed by atoms with Crippen LogP contribution in [0.5, 0.6) is 11.5 Å². The summed E-state index contributed by atoms with van der Waals surface area (Å²) in [5.74, 6) is 1.26. The van der Waals surface area contributed by atoms with Crippen LogP contribution < -0.4 is 14.8 Å². The van der Waals surface area contributed by atoms with Crippen LogP contribution in [-0.4, -0.2) is 7.11 Å². The maximum Gasteiger partial charge on any atom is 0.175 e. The lowest BCUT2D eigenvalue weighted by Gasteiger charge is -2.17. The molecule has 3 aromatic carbocycles. The molecule has 1 N–H and O–H groups in total. The first-order chi connectivity index (χ1) is 14.0. The Morgan fingerprint density at radius 1 is 1.00 bits per heavy atom. The van der Waals surface area contributed by atoms with Crippen molar-refractivity contribution in [3.63, 3.8) is 0 Å². The predicted octanol–water partition coefficient (Wildman–Crippen LogP) is 7.19. The zero-order chi connectivity index (χ0) is 20.8. The predicted molar refractivity (Wildman–Crippen MR) is 123 cm³/mol. The summed E-state index contributed by atoms with van der Waals surface area (Å²) in [5.41, 5.74) is 3.07. The van der Waals surface area contributed by atoms with Crippen molar-refractivity contribution in [2.75, 3.05) is 7.11 Å². The van der Waals surface area contributed by atoms with Crippen LogP contribution in [-0.2, 0) is 13.2 Å². The molecule has 0 aliphatic rings. The van der Waals surface area contributed by atoms with Crippen molar-refractivity contribution in [3.8, 4) is 11.5 Å². The second-order valence-corrected chi connectivity index (χ2v) is 8.28. The number of benzene rings is 3. The highest BCUT2D eigenvalue weighted by atomic mass is 79.9. The Labute approximate surface area is 190 Å². The highest BCUT2D eigenvalue weighted by molar-refractivity contribution is 9.10. The van der Waals surface area contributed by atoms with E-state index in [9.17, 15) is 0 Å². The number of hydrogen-bond acceptors (Lipinski definition) is 3. The highest BCUT2D eigenvalue weighted by Gasteiger charge is 2.15. The Morgan fingerprint density at radius 2 is 1.69 bits per heavy atom. The maximum atomic E-state index is 6.24. The molecule has 0 radical (unpaired) electrons. The molecule has 0 spiro atoms. The molecule has 3 nitrogen and oxygen atoms in total. The van der Waals surface area contributed by atoms with Crippen LogP contribution in [0.25, 0.3) is 0 Å². The molecule has 0 aliphatic carbocycles. The molecule has 0 saturated carbocycles. The van der Waals surface area contributed by atoms with E-state index in [1.165, 1.54) is 5.56 Å². The van der Waals surface area contributed by atoms with Gasteiger partial charge in [0.1, 0.15) is 6.61 Å². The Kier molecular flexibility index (Phi) is 7.84. The van der Waals surface area contributed by atoms with Crippen molar-refractivity contribution in [1.29, 1.82) is 0 Å². The summed E-state index contributed by atoms with van der Waals surface area (Å²) in [5, 5.41) is 4.68.